The summed E-state index contributed by atoms with van der Waals surface area (Å²) in [4.78, 5) is 20.9. The molecule has 0 spiro atoms. The van der Waals surface area contributed by atoms with Crippen LogP contribution in [0, 0.1) is 0 Å². The lowest BCUT2D eigenvalue weighted by Gasteiger charge is -2.15. The normalized spacial score (nSPS) is 14.3. The van der Waals surface area contributed by atoms with Crippen molar-refractivity contribution in [2.75, 3.05) is 27.9 Å². The molecule has 3 aromatic rings. The van der Waals surface area contributed by atoms with Crippen LogP contribution in [0.4, 0.5) is 0 Å². The molecule has 0 saturated heterocycles. The Bertz CT molecular complexity index is 1110. The lowest BCUT2D eigenvalue weighted by Crippen LogP contribution is -2.34. The van der Waals surface area contributed by atoms with E-state index in [1.807, 2.05) is 12.1 Å². The van der Waals surface area contributed by atoms with E-state index in [1.54, 1.807) is 24.5 Å². The summed E-state index contributed by atoms with van der Waals surface area (Å²) >= 11 is 6.45. The summed E-state index contributed by atoms with van der Waals surface area (Å²) in [6, 6.07) is 7.05. The number of hydrogen-bond donors (Lipinski definition) is 1. The number of ether oxygens (including phenoxy) is 4. The Balaban J connectivity index is 1.46. The number of halogens is 1. The van der Waals surface area contributed by atoms with Crippen LogP contribution in [0.15, 0.2) is 43.0 Å². The van der Waals surface area contributed by atoms with E-state index in [2.05, 4.69) is 15.3 Å². The van der Waals surface area contributed by atoms with Crippen molar-refractivity contribution in [3.05, 3.63) is 59.1 Å². The predicted octanol–water partition coefficient (Wildman–Crippen LogP) is 3.56. The van der Waals surface area contributed by atoms with Crippen LogP contribution in [0.3, 0.4) is 0 Å². The van der Waals surface area contributed by atoms with Gasteiger partial charge in [0, 0.05) is 35.5 Å². The third-order valence-electron chi connectivity index (χ3n) is 5.16. The maximum absolute atomic E-state index is 12.8. The van der Waals surface area contributed by atoms with E-state index in [-0.39, 0.29) is 12.0 Å². The molecule has 1 aliphatic heterocycles. The van der Waals surface area contributed by atoms with Crippen molar-refractivity contribution in [1.29, 1.82) is 0 Å². The molecular formula is C23H22ClN3O5. The molecule has 0 aliphatic carbocycles. The molecule has 0 fully saturated rings. The minimum Gasteiger partial charge on any atom is -0.493 e. The minimum absolute atomic E-state index is 0.240. The number of amides is 1. The molecule has 4 rings (SSSR count). The standard InChI is InChI=1S/C23H22ClN3O5/c1-29-19-7-15(8-20(30-2)22(19)31-3)23(28)27-11-17-5-14-4-13(6-18(24)21(14)32-17)16-9-25-12-26-10-16/h4,6-10,12,17H,5,11H2,1-3H3,(H,27,28). The van der Waals surface area contributed by atoms with Crippen LogP contribution < -0.4 is 24.3 Å². The van der Waals surface area contributed by atoms with Gasteiger partial charge in [-0.15, -0.1) is 0 Å². The van der Waals surface area contributed by atoms with Crippen LogP contribution >= 0.6 is 11.6 Å². The smallest absolute Gasteiger partial charge is 0.251 e. The summed E-state index contributed by atoms with van der Waals surface area (Å²) in [5.41, 5.74) is 3.15. The molecule has 2 aromatic carbocycles. The molecule has 0 radical (unpaired) electrons. The van der Waals surface area contributed by atoms with Gasteiger partial charge in [-0.25, -0.2) is 9.97 Å². The van der Waals surface area contributed by atoms with Gasteiger partial charge in [-0.1, -0.05) is 11.6 Å². The van der Waals surface area contributed by atoms with Gasteiger partial charge >= 0.3 is 0 Å². The summed E-state index contributed by atoms with van der Waals surface area (Å²) in [5.74, 6) is 1.60. The van der Waals surface area contributed by atoms with Crippen molar-refractivity contribution in [2.24, 2.45) is 0 Å². The fourth-order valence-electron chi connectivity index (χ4n) is 3.64. The molecule has 2 heterocycles. The first-order valence-corrected chi connectivity index (χ1v) is 10.2. The Labute approximate surface area is 190 Å². The second-order valence-corrected chi connectivity index (χ2v) is 7.55. The van der Waals surface area contributed by atoms with Crippen molar-refractivity contribution >= 4 is 17.5 Å². The van der Waals surface area contributed by atoms with Crippen molar-refractivity contribution in [1.82, 2.24) is 15.3 Å². The largest absolute Gasteiger partial charge is 0.493 e. The molecule has 1 aliphatic rings. The van der Waals surface area contributed by atoms with Gasteiger partial charge in [0.05, 0.1) is 32.9 Å². The van der Waals surface area contributed by atoms with Crippen LogP contribution in [0.2, 0.25) is 5.02 Å². The number of nitrogens with one attached hydrogen (secondary N) is 1. The number of carbonyl (C=O) groups excluding carboxylic acids is 1. The highest BCUT2D eigenvalue weighted by molar-refractivity contribution is 6.32. The third kappa shape index (κ3) is 4.27. The number of hydrogen-bond acceptors (Lipinski definition) is 7. The van der Waals surface area contributed by atoms with E-state index >= 15 is 0 Å². The number of fused-ring (bicyclic) bond motifs is 1. The van der Waals surface area contributed by atoms with Gasteiger partial charge in [0.2, 0.25) is 5.75 Å². The number of benzene rings is 2. The third-order valence-corrected chi connectivity index (χ3v) is 5.44. The fourth-order valence-corrected chi connectivity index (χ4v) is 3.92. The number of aromatic nitrogens is 2. The number of methoxy groups -OCH3 is 3. The number of rotatable bonds is 7. The molecule has 1 amide bonds. The summed E-state index contributed by atoms with van der Waals surface area (Å²) in [6.07, 6.45) is 5.32. The Morgan fingerprint density at radius 1 is 1.06 bits per heavy atom. The zero-order valence-electron chi connectivity index (χ0n) is 17.8. The van der Waals surface area contributed by atoms with Gasteiger partial charge < -0.3 is 24.3 Å². The molecular weight excluding hydrogens is 434 g/mol. The van der Waals surface area contributed by atoms with Gasteiger partial charge in [0.1, 0.15) is 18.2 Å². The second kappa shape index (κ2) is 9.32. The van der Waals surface area contributed by atoms with Crippen LogP contribution in [-0.4, -0.2) is 49.9 Å². The van der Waals surface area contributed by atoms with Gasteiger partial charge in [-0.3, -0.25) is 4.79 Å². The van der Waals surface area contributed by atoms with Crippen LogP contribution in [0.1, 0.15) is 15.9 Å². The summed E-state index contributed by atoms with van der Waals surface area (Å²) in [7, 11) is 4.51. The predicted molar refractivity (Wildman–Crippen MR) is 119 cm³/mol. The van der Waals surface area contributed by atoms with Crippen molar-refractivity contribution in [2.45, 2.75) is 12.5 Å². The van der Waals surface area contributed by atoms with Crippen molar-refractivity contribution in [3.63, 3.8) is 0 Å². The molecule has 0 bridgehead atoms. The summed E-state index contributed by atoms with van der Waals surface area (Å²) in [5, 5.41) is 3.42. The zero-order chi connectivity index (χ0) is 22.7. The molecule has 1 aromatic heterocycles. The SMILES string of the molecule is COc1cc(C(=O)NCC2Cc3cc(-c4cncnc4)cc(Cl)c3O2)cc(OC)c1OC. The minimum atomic E-state index is -0.281. The Kier molecular flexibility index (Phi) is 6.32. The maximum Gasteiger partial charge on any atom is 0.251 e. The van der Waals surface area contributed by atoms with E-state index in [0.29, 0.717) is 46.5 Å². The number of nitrogens with zero attached hydrogens (tertiary/aromatic N) is 2. The maximum atomic E-state index is 12.8. The lowest BCUT2D eigenvalue weighted by atomic mass is 10.0. The zero-order valence-corrected chi connectivity index (χ0v) is 18.6. The van der Waals surface area contributed by atoms with Gasteiger partial charge in [0.15, 0.2) is 11.5 Å². The van der Waals surface area contributed by atoms with Gasteiger partial charge in [-0.2, -0.15) is 0 Å². The molecule has 0 saturated carbocycles. The first kappa shape index (κ1) is 21.7. The Hall–Kier alpha value is -3.52. The second-order valence-electron chi connectivity index (χ2n) is 7.14. The Morgan fingerprint density at radius 3 is 2.38 bits per heavy atom. The van der Waals surface area contributed by atoms with Crippen molar-refractivity contribution in [3.8, 4) is 34.1 Å². The number of carbonyl (C=O) groups is 1. The lowest BCUT2D eigenvalue weighted by molar-refractivity contribution is 0.0932. The van der Waals surface area contributed by atoms with E-state index in [9.17, 15) is 4.79 Å². The molecule has 1 atom stereocenters. The Morgan fingerprint density at radius 2 is 1.75 bits per heavy atom. The van der Waals surface area contributed by atoms with Crippen LogP contribution in [0.25, 0.3) is 11.1 Å². The van der Waals surface area contributed by atoms with Gasteiger partial charge in [-0.05, 0) is 29.8 Å². The quantitative estimate of drug-likeness (QED) is 0.582. The highest BCUT2D eigenvalue weighted by Crippen LogP contribution is 2.40. The molecule has 8 nitrogen and oxygen atoms in total. The molecule has 32 heavy (non-hydrogen) atoms. The van der Waals surface area contributed by atoms with E-state index in [1.165, 1.54) is 27.7 Å². The van der Waals surface area contributed by atoms with E-state index < -0.39 is 0 Å². The topological polar surface area (TPSA) is 91.8 Å². The summed E-state index contributed by atoms with van der Waals surface area (Å²) in [6.45, 7) is 0.310. The average molecular weight is 456 g/mol. The first-order chi connectivity index (χ1) is 15.5. The first-order valence-electron chi connectivity index (χ1n) is 9.86. The van der Waals surface area contributed by atoms with E-state index in [0.717, 1.165) is 16.7 Å². The van der Waals surface area contributed by atoms with Crippen LogP contribution in [0.5, 0.6) is 23.0 Å². The van der Waals surface area contributed by atoms with Gasteiger partial charge in [0.25, 0.3) is 5.91 Å². The van der Waals surface area contributed by atoms with Crippen molar-refractivity contribution < 1.29 is 23.7 Å². The van der Waals surface area contributed by atoms with E-state index in [4.69, 9.17) is 30.5 Å². The molecule has 1 N–H and O–H groups in total. The average Bonchev–Trinajstić information content (AvgIpc) is 3.25. The summed E-state index contributed by atoms with van der Waals surface area (Å²) < 4.78 is 21.9. The molecule has 9 heteroatoms. The highest BCUT2D eigenvalue weighted by Gasteiger charge is 2.27. The molecule has 1 unspecified atom stereocenters. The monoisotopic (exact) mass is 455 g/mol. The highest BCUT2D eigenvalue weighted by atomic mass is 35.5. The van der Waals surface area contributed by atoms with Crippen LogP contribution in [-0.2, 0) is 6.42 Å². The fraction of sp³-hybridized carbons (Fsp3) is 0.261. The molecule has 166 valence electrons.